The molecule has 8 heteroatoms. The van der Waals surface area contributed by atoms with E-state index in [4.69, 9.17) is 15.9 Å². The van der Waals surface area contributed by atoms with Crippen LogP contribution in [-0.4, -0.2) is 15.8 Å². The van der Waals surface area contributed by atoms with Gasteiger partial charge in [-0.25, -0.2) is 4.98 Å². The summed E-state index contributed by atoms with van der Waals surface area (Å²) in [6, 6.07) is 5.88. The summed E-state index contributed by atoms with van der Waals surface area (Å²) in [6.07, 6.45) is -4.55. The van der Waals surface area contributed by atoms with Crippen molar-refractivity contribution in [1.82, 2.24) is 9.97 Å². The zero-order chi connectivity index (χ0) is 15.6. The molecule has 2 aromatic rings. The van der Waals surface area contributed by atoms with Gasteiger partial charge in [-0.1, -0.05) is 12.1 Å². The Kier molecular flexibility index (Phi) is 3.79. The minimum atomic E-state index is -4.55. The molecule has 1 aromatic heterocycles. The van der Waals surface area contributed by atoms with Crippen molar-refractivity contribution in [2.75, 3.05) is 0 Å². The number of hydrogen-bond acceptors (Lipinski definition) is 4. The van der Waals surface area contributed by atoms with Gasteiger partial charge in [-0.15, -0.1) is 0 Å². The fraction of sp³-hybridized carbons (Fsp3) is 0.154. The van der Waals surface area contributed by atoms with Gasteiger partial charge in [0.15, 0.2) is 0 Å². The lowest BCUT2D eigenvalue weighted by Gasteiger charge is -2.12. The number of hydrogen-bond donors (Lipinski definition) is 2. The number of aromatic nitrogens is 2. The maximum Gasteiger partial charge on any atom is 0.419 e. The van der Waals surface area contributed by atoms with Crippen LogP contribution in [0.25, 0.3) is 0 Å². The molecule has 1 heterocycles. The van der Waals surface area contributed by atoms with Gasteiger partial charge in [0.05, 0.1) is 5.56 Å². The predicted molar refractivity (Wildman–Crippen MR) is 69.3 cm³/mol. The summed E-state index contributed by atoms with van der Waals surface area (Å²) < 4.78 is 43.7. The highest BCUT2D eigenvalue weighted by atomic mass is 19.4. The Balaban J connectivity index is 2.42. The molecule has 0 aliphatic rings. The van der Waals surface area contributed by atoms with E-state index >= 15 is 0 Å². The molecule has 0 aliphatic carbocycles. The van der Waals surface area contributed by atoms with Crippen molar-refractivity contribution in [3.05, 3.63) is 47.3 Å². The second kappa shape index (κ2) is 5.39. The van der Waals surface area contributed by atoms with Crippen molar-refractivity contribution in [3.8, 4) is 11.8 Å². The topological polar surface area (TPSA) is 84.9 Å². The average Bonchev–Trinajstić information content (AvgIpc) is 2.37. The number of alkyl halides is 3. The highest BCUT2D eigenvalue weighted by Crippen LogP contribution is 2.37. The molecule has 1 aromatic carbocycles. The number of para-hydroxylation sites is 1. The fourth-order valence-electron chi connectivity index (χ4n) is 1.61. The zero-order valence-corrected chi connectivity index (χ0v) is 10.9. The third-order valence-electron chi connectivity index (χ3n) is 2.50. The highest BCUT2D eigenvalue weighted by Gasteiger charge is 2.34. The predicted octanol–water partition coefficient (Wildman–Crippen LogP) is 2.88. The minimum Gasteiger partial charge on any atom is -0.424 e. The molecule has 0 bridgehead atoms. The number of ether oxygens (including phenoxy) is 1. The van der Waals surface area contributed by atoms with Crippen LogP contribution in [0, 0.1) is 12.3 Å². The Morgan fingerprint density at radius 3 is 2.52 bits per heavy atom. The molecule has 3 N–H and O–H groups in total. The third-order valence-corrected chi connectivity index (χ3v) is 2.50. The standard InChI is InChI=1S/C13H11F3N4O/c1-7-6-9(11(17)18)20-12(19-7)21-10-5-3-2-4-8(10)13(14,15)16/h2-6H,1H3,(H3,17,18). The lowest BCUT2D eigenvalue weighted by molar-refractivity contribution is -0.138. The molecular weight excluding hydrogens is 285 g/mol. The zero-order valence-electron chi connectivity index (χ0n) is 10.9. The summed E-state index contributed by atoms with van der Waals surface area (Å²) in [7, 11) is 0. The highest BCUT2D eigenvalue weighted by molar-refractivity contribution is 5.93. The molecule has 0 spiro atoms. The largest absolute Gasteiger partial charge is 0.424 e. The van der Waals surface area contributed by atoms with Gasteiger partial charge in [0.1, 0.15) is 17.3 Å². The Hall–Kier alpha value is -2.64. The third kappa shape index (κ3) is 3.47. The maximum absolute atomic E-state index is 12.9. The first-order valence-electron chi connectivity index (χ1n) is 5.81. The van der Waals surface area contributed by atoms with Crippen molar-refractivity contribution in [1.29, 1.82) is 5.41 Å². The first kappa shape index (κ1) is 14.8. The maximum atomic E-state index is 12.9. The van der Waals surface area contributed by atoms with E-state index in [0.29, 0.717) is 5.69 Å². The van der Waals surface area contributed by atoms with Crippen LogP contribution in [0.4, 0.5) is 13.2 Å². The SMILES string of the molecule is Cc1cc(C(=N)N)nc(Oc2ccccc2C(F)(F)F)n1. The van der Waals surface area contributed by atoms with E-state index in [0.717, 1.165) is 6.07 Å². The van der Waals surface area contributed by atoms with Gasteiger partial charge in [-0.05, 0) is 25.1 Å². The van der Waals surface area contributed by atoms with E-state index in [1.807, 2.05) is 0 Å². The molecule has 0 amide bonds. The molecule has 5 nitrogen and oxygen atoms in total. The molecule has 0 saturated carbocycles. The molecule has 0 fully saturated rings. The number of aryl methyl sites for hydroxylation is 1. The van der Waals surface area contributed by atoms with Gasteiger partial charge in [0, 0.05) is 5.69 Å². The van der Waals surface area contributed by atoms with Gasteiger partial charge >= 0.3 is 12.2 Å². The van der Waals surface area contributed by atoms with Gasteiger partial charge in [-0.2, -0.15) is 18.2 Å². The summed E-state index contributed by atoms with van der Waals surface area (Å²) in [5.41, 5.74) is 4.88. The van der Waals surface area contributed by atoms with Crippen molar-refractivity contribution in [2.24, 2.45) is 5.73 Å². The molecular formula is C13H11F3N4O. The Bertz CT molecular complexity index is 685. The molecule has 0 saturated heterocycles. The summed E-state index contributed by atoms with van der Waals surface area (Å²) in [4.78, 5) is 7.68. The van der Waals surface area contributed by atoms with E-state index in [2.05, 4.69) is 9.97 Å². The normalized spacial score (nSPS) is 11.2. The lowest BCUT2D eigenvalue weighted by atomic mass is 10.2. The molecule has 21 heavy (non-hydrogen) atoms. The van der Waals surface area contributed by atoms with Crippen LogP contribution in [-0.2, 0) is 6.18 Å². The second-order valence-electron chi connectivity index (χ2n) is 4.19. The van der Waals surface area contributed by atoms with E-state index in [1.165, 1.54) is 24.3 Å². The van der Waals surface area contributed by atoms with E-state index < -0.39 is 17.5 Å². The number of amidine groups is 1. The van der Waals surface area contributed by atoms with Gasteiger partial charge < -0.3 is 10.5 Å². The van der Waals surface area contributed by atoms with E-state index in [1.54, 1.807) is 6.92 Å². The van der Waals surface area contributed by atoms with E-state index in [-0.39, 0.29) is 17.5 Å². The number of nitrogens with two attached hydrogens (primary N) is 1. The number of rotatable bonds is 3. The monoisotopic (exact) mass is 296 g/mol. The smallest absolute Gasteiger partial charge is 0.419 e. The van der Waals surface area contributed by atoms with Crippen molar-refractivity contribution >= 4 is 5.84 Å². The molecule has 0 aliphatic heterocycles. The van der Waals surface area contributed by atoms with Crippen LogP contribution in [0.5, 0.6) is 11.8 Å². The first-order valence-corrected chi connectivity index (χ1v) is 5.81. The molecule has 110 valence electrons. The first-order chi connectivity index (χ1) is 9.77. The second-order valence-corrected chi connectivity index (χ2v) is 4.19. The Morgan fingerprint density at radius 2 is 1.90 bits per heavy atom. The Morgan fingerprint density at radius 1 is 1.24 bits per heavy atom. The fourth-order valence-corrected chi connectivity index (χ4v) is 1.61. The van der Waals surface area contributed by atoms with Gasteiger partial charge in [0.2, 0.25) is 0 Å². The quantitative estimate of drug-likeness (QED) is 0.673. The molecule has 0 atom stereocenters. The number of nitrogens with one attached hydrogen (secondary N) is 1. The van der Waals surface area contributed by atoms with Crippen LogP contribution in [0.15, 0.2) is 30.3 Å². The Labute approximate surface area is 118 Å². The molecule has 0 unspecified atom stereocenters. The number of benzene rings is 1. The van der Waals surface area contributed by atoms with Crippen molar-refractivity contribution in [3.63, 3.8) is 0 Å². The lowest BCUT2D eigenvalue weighted by Crippen LogP contribution is -2.14. The van der Waals surface area contributed by atoms with Crippen molar-refractivity contribution in [2.45, 2.75) is 13.1 Å². The van der Waals surface area contributed by atoms with E-state index in [9.17, 15) is 13.2 Å². The summed E-state index contributed by atoms with van der Waals surface area (Å²) in [6.45, 7) is 1.59. The molecule has 0 radical (unpaired) electrons. The number of halogens is 3. The number of nitrogen functional groups attached to an aromatic ring is 1. The average molecular weight is 296 g/mol. The summed E-state index contributed by atoms with van der Waals surface area (Å²) >= 11 is 0. The van der Waals surface area contributed by atoms with Crippen LogP contribution >= 0.6 is 0 Å². The van der Waals surface area contributed by atoms with Crippen LogP contribution < -0.4 is 10.5 Å². The number of nitrogens with zero attached hydrogens (tertiary/aromatic N) is 2. The van der Waals surface area contributed by atoms with Crippen molar-refractivity contribution < 1.29 is 17.9 Å². The van der Waals surface area contributed by atoms with Crippen LogP contribution in [0.2, 0.25) is 0 Å². The summed E-state index contributed by atoms with van der Waals surface area (Å²) in [5.74, 6) is -0.737. The van der Waals surface area contributed by atoms with Crippen LogP contribution in [0.3, 0.4) is 0 Å². The molecule has 2 rings (SSSR count). The van der Waals surface area contributed by atoms with Crippen LogP contribution in [0.1, 0.15) is 17.0 Å². The minimum absolute atomic E-state index is 0.0852. The van der Waals surface area contributed by atoms with Gasteiger partial charge in [0.25, 0.3) is 0 Å². The summed E-state index contributed by atoms with van der Waals surface area (Å²) in [5, 5.41) is 7.30. The van der Waals surface area contributed by atoms with Gasteiger partial charge in [-0.3, -0.25) is 5.41 Å².